The SMILES string of the molecule is COc1ccc(N(C)C(=O)C(Cc2ccccc2)NC(=O)CN2CCN(S(=O)(=O)c3ccccc3F)CC2=O)cc1. The Morgan fingerprint density at radius 1 is 1.00 bits per heavy atom. The molecule has 1 atom stereocenters. The fraction of sp³-hybridized carbons (Fsp3) is 0.276. The summed E-state index contributed by atoms with van der Waals surface area (Å²) in [5.41, 5.74) is 1.43. The maximum absolute atomic E-state index is 14.1. The van der Waals surface area contributed by atoms with Crippen LogP contribution >= 0.6 is 0 Å². The lowest BCUT2D eigenvalue weighted by molar-refractivity contribution is -0.139. The third kappa shape index (κ3) is 7.08. The van der Waals surface area contributed by atoms with Crippen molar-refractivity contribution in [2.24, 2.45) is 0 Å². The number of amides is 3. The maximum atomic E-state index is 14.1. The van der Waals surface area contributed by atoms with E-state index in [9.17, 15) is 27.2 Å². The zero-order chi connectivity index (χ0) is 29.6. The molecule has 1 aliphatic rings. The van der Waals surface area contributed by atoms with Gasteiger partial charge in [0.15, 0.2) is 0 Å². The molecule has 3 amide bonds. The van der Waals surface area contributed by atoms with Gasteiger partial charge >= 0.3 is 0 Å². The van der Waals surface area contributed by atoms with Crippen LogP contribution in [0.1, 0.15) is 5.56 Å². The maximum Gasteiger partial charge on any atom is 0.249 e. The van der Waals surface area contributed by atoms with Crippen LogP contribution in [-0.2, 0) is 30.8 Å². The van der Waals surface area contributed by atoms with Crippen molar-refractivity contribution in [3.05, 3.63) is 90.2 Å². The molecule has 216 valence electrons. The van der Waals surface area contributed by atoms with E-state index in [1.54, 1.807) is 38.4 Å². The Bertz CT molecular complexity index is 1500. The summed E-state index contributed by atoms with van der Waals surface area (Å²) in [5, 5.41) is 2.75. The molecule has 1 N–H and O–H groups in total. The number of hydrogen-bond donors (Lipinski definition) is 1. The molecule has 41 heavy (non-hydrogen) atoms. The first-order chi connectivity index (χ1) is 19.6. The van der Waals surface area contributed by atoms with Crippen LogP contribution in [-0.4, -0.2) is 81.7 Å². The molecule has 0 bridgehead atoms. The Balaban J connectivity index is 1.43. The molecular weight excluding hydrogens is 551 g/mol. The molecule has 4 rings (SSSR count). The van der Waals surface area contributed by atoms with Crippen molar-refractivity contribution in [3.63, 3.8) is 0 Å². The zero-order valence-electron chi connectivity index (χ0n) is 22.7. The van der Waals surface area contributed by atoms with Gasteiger partial charge in [0.1, 0.15) is 22.5 Å². The molecule has 0 aliphatic carbocycles. The van der Waals surface area contributed by atoms with E-state index in [2.05, 4.69) is 5.32 Å². The summed E-state index contributed by atoms with van der Waals surface area (Å²) in [4.78, 5) is 41.5. The van der Waals surface area contributed by atoms with Crippen LogP contribution < -0.4 is 15.0 Å². The Hall–Kier alpha value is -4.29. The lowest BCUT2D eigenvalue weighted by Gasteiger charge is -2.33. The van der Waals surface area contributed by atoms with E-state index in [1.807, 2.05) is 30.3 Å². The molecule has 0 saturated carbocycles. The molecule has 1 fully saturated rings. The van der Waals surface area contributed by atoms with Crippen LogP contribution in [0.3, 0.4) is 0 Å². The van der Waals surface area contributed by atoms with Crippen LogP contribution in [0, 0.1) is 5.82 Å². The van der Waals surface area contributed by atoms with E-state index >= 15 is 0 Å². The van der Waals surface area contributed by atoms with E-state index in [4.69, 9.17) is 4.74 Å². The number of ether oxygens (including phenoxy) is 1. The molecule has 3 aromatic rings. The lowest BCUT2D eigenvalue weighted by atomic mass is 10.0. The first-order valence-electron chi connectivity index (χ1n) is 12.9. The molecule has 1 unspecified atom stereocenters. The monoisotopic (exact) mass is 582 g/mol. The number of hydrogen-bond acceptors (Lipinski definition) is 6. The minimum absolute atomic E-state index is 0.0665. The second-order valence-corrected chi connectivity index (χ2v) is 11.4. The van der Waals surface area contributed by atoms with Crippen LogP contribution in [0.4, 0.5) is 10.1 Å². The van der Waals surface area contributed by atoms with E-state index < -0.39 is 45.1 Å². The number of halogens is 1. The van der Waals surface area contributed by atoms with Gasteiger partial charge in [-0.25, -0.2) is 12.8 Å². The van der Waals surface area contributed by atoms with Crippen molar-refractivity contribution < 1.29 is 31.9 Å². The van der Waals surface area contributed by atoms with Crippen LogP contribution in [0.2, 0.25) is 0 Å². The minimum atomic E-state index is -4.23. The number of nitrogens with zero attached hydrogens (tertiary/aromatic N) is 3. The number of benzene rings is 3. The Kier molecular flexibility index (Phi) is 9.35. The van der Waals surface area contributed by atoms with Gasteiger partial charge in [-0.1, -0.05) is 42.5 Å². The highest BCUT2D eigenvalue weighted by Gasteiger charge is 2.35. The highest BCUT2D eigenvalue weighted by Crippen LogP contribution is 2.21. The summed E-state index contributed by atoms with van der Waals surface area (Å²) in [5.74, 6) is -1.81. The van der Waals surface area contributed by atoms with Gasteiger partial charge in [0.2, 0.25) is 27.7 Å². The summed E-state index contributed by atoms with van der Waals surface area (Å²) in [6.07, 6.45) is 0.217. The van der Waals surface area contributed by atoms with Gasteiger partial charge in [-0.2, -0.15) is 4.31 Å². The van der Waals surface area contributed by atoms with Crippen LogP contribution in [0.5, 0.6) is 5.75 Å². The van der Waals surface area contributed by atoms with Crippen molar-refractivity contribution in [2.75, 3.05) is 45.2 Å². The van der Waals surface area contributed by atoms with Crippen LogP contribution in [0.25, 0.3) is 0 Å². The van der Waals surface area contributed by atoms with E-state index in [0.29, 0.717) is 11.4 Å². The zero-order valence-corrected chi connectivity index (χ0v) is 23.5. The van der Waals surface area contributed by atoms with Gasteiger partial charge in [0, 0.05) is 32.2 Å². The third-order valence-corrected chi connectivity index (χ3v) is 8.66. The smallest absolute Gasteiger partial charge is 0.249 e. The standard InChI is InChI=1S/C29H31FN4O6S/c1-32(22-12-14-23(40-2)15-13-22)29(37)25(18-21-8-4-3-5-9-21)31-27(35)19-33-16-17-34(20-28(33)36)41(38,39)26-11-7-6-10-24(26)30/h3-15,25H,16-20H2,1-2H3,(H,31,35). The number of nitrogens with one attached hydrogen (secondary N) is 1. The molecule has 12 heteroatoms. The number of likely N-dealkylation sites (N-methyl/N-ethyl adjacent to an activating group) is 1. The van der Waals surface area contributed by atoms with Gasteiger partial charge in [-0.15, -0.1) is 0 Å². The van der Waals surface area contributed by atoms with E-state index in [0.717, 1.165) is 22.0 Å². The topological polar surface area (TPSA) is 116 Å². The molecule has 0 radical (unpaired) electrons. The number of piperazine rings is 1. The number of anilines is 1. The summed E-state index contributed by atoms with van der Waals surface area (Å²) >= 11 is 0. The quantitative estimate of drug-likeness (QED) is 0.391. The number of carbonyl (C=O) groups is 3. The number of carbonyl (C=O) groups excluding carboxylic acids is 3. The van der Waals surface area contributed by atoms with Gasteiger partial charge < -0.3 is 19.9 Å². The van der Waals surface area contributed by atoms with Gasteiger partial charge in [0.05, 0.1) is 20.2 Å². The number of sulfonamides is 1. The normalized spacial score (nSPS) is 14.8. The molecule has 10 nitrogen and oxygen atoms in total. The van der Waals surface area contributed by atoms with E-state index in [1.165, 1.54) is 21.9 Å². The molecular formula is C29H31FN4O6S. The average molecular weight is 583 g/mol. The Labute approximate surface area is 238 Å². The van der Waals surface area contributed by atoms with Gasteiger partial charge in [-0.3, -0.25) is 14.4 Å². The fourth-order valence-corrected chi connectivity index (χ4v) is 5.93. The van der Waals surface area contributed by atoms with Gasteiger partial charge in [-0.05, 0) is 42.0 Å². The Morgan fingerprint density at radius 2 is 1.66 bits per heavy atom. The molecule has 3 aromatic carbocycles. The summed E-state index contributed by atoms with van der Waals surface area (Å²) in [6.45, 7) is -1.07. The molecule has 0 aromatic heterocycles. The summed E-state index contributed by atoms with van der Waals surface area (Å²) in [6, 6.07) is 20.1. The first kappa shape index (κ1) is 29.7. The van der Waals surface area contributed by atoms with Crippen LogP contribution in [0.15, 0.2) is 83.8 Å². The van der Waals surface area contributed by atoms with Gasteiger partial charge in [0.25, 0.3) is 0 Å². The van der Waals surface area contributed by atoms with Crippen molar-refractivity contribution in [1.29, 1.82) is 0 Å². The fourth-order valence-electron chi connectivity index (χ4n) is 4.48. The van der Waals surface area contributed by atoms with Crippen molar-refractivity contribution >= 4 is 33.4 Å². The minimum Gasteiger partial charge on any atom is -0.497 e. The largest absolute Gasteiger partial charge is 0.497 e. The lowest BCUT2D eigenvalue weighted by Crippen LogP contribution is -2.56. The third-order valence-electron chi connectivity index (χ3n) is 6.78. The Morgan fingerprint density at radius 3 is 2.29 bits per heavy atom. The molecule has 1 heterocycles. The molecule has 1 saturated heterocycles. The van der Waals surface area contributed by atoms with Crippen molar-refractivity contribution in [3.8, 4) is 5.75 Å². The van der Waals surface area contributed by atoms with Crippen molar-refractivity contribution in [1.82, 2.24) is 14.5 Å². The van der Waals surface area contributed by atoms with E-state index in [-0.39, 0.29) is 32.0 Å². The predicted octanol–water partition coefficient (Wildman–Crippen LogP) is 2.06. The molecule has 1 aliphatic heterocycles. The summed E-state index contributed by atoms with van der Waals surface area (Å²) < 4.78 is 46.0. The van der Waals surface area contributed by atoms with Crippen molar-refractivity contribution in [2.45, 2.75) is 17.4 Å². The highest BCUT2D eigenvalue weighted by molar-refractivity contribution is 7.89. The second-order valence-electron chi connectivity index (χ2n) is 9.49. The predicted molar refractivity (Wildman–Crippen MR) is 150 cm³/mol. The number of methoxy groups -OCH3 is 1. The highest BCUT2D eigenvalue weighted by atomic mass is 32.2. The molecule has 0 spiro atoms. The number of rotatable bonds is 10. The summed E-state index contributed by atoms with van der Waals surface area (Å²) in [7, 11) is -1.08. The second kappa shape index (κ2) is 12.9. The average Bonchev–Trinajstić information content (AvgIpc) is 2.97. The first-order valence-corrected chi connectivity index (χ1v) is 14.3.